The molecule has 4 nitrogen and oxygen atoms in total. The molecule has 0 saturated heterocycles. The van der Waals surface area contributed by atoms with E-state index in [1.54, 1.807) is 0 Å². The molecule has 1 aromatic heterocycles. The average molecular weight is 248 g/mol. The van der Waals surface area contributed by atoms with E-state index in [4.69, 9.17) is 5.73 Å². The maximum Gasteiger partial charge on any atom is 0.418 e. The molecule has 0 aliphatic rings. The first-order valence-corrected chi connectivity index (χ1v) is 4.63. The van der Waals surface area contributed by atoms with Crippen LogP contribution in [-0.2, 0) is 16.4 Å². The van der Waals surface area contributed by atoms with Crippen molar-refractivity contribution < 1.29 is 23.1 Å². The highest BCUT2D eigenvalue weighted by molar-refractivity contribution is 5.85. The minimum atomic E-state index is -4.60. The van der Waals surface area contributed by atoms with Crippen LogP contribution in [0.2, 0.25) is 0 Å². The fourth-order valence-electron chi connectivity index (χ4n) is 1.21. The Morgan fingerprint density at radius 2 is 1.94 bits per heavy atom. The molecule has 0 atom stereocenters. The lowest BCUT2D eigenvalue weighted by Crippen LogP contribution is -2.36. The Bertz CT molecular complexity index is 455. The normalized spacial score (nSPS) is 12.5. The van der Waals surface area contributed by atoms with Crippen LogP contribution < -0.4 is 5.73 Å². The molecular weight excluding hydrogens is 237 g/mol. The highest BCUT2D eigenvalue weighted by atomic mass is 19.4. The first-order chi connectivity index (χ1) is 7.56. The monoisotopic (exact) mass is 248 g/mol. The molecule has 0 bridgehead atoms. The maximum atomic E-state index is 12.3. The van der Waals surface area contributed by atoms with E-state index in [2.05, 4.69) is 4.98 Å². The van der Waals surface area contributed by atoms with Crippen LogP contribution in [0.1, 0.15) is 25.1 Å². The maximum absolute atomic E-state index is 12.3. The molecule has 0 aliphatic carbocycles. The summed E-state index contributed by atoms with van der Waals surface area (Å²) in [5.41, 5.74) is 2.48. The largest absolute Gasteiger partial charge is 0.506 e. The van der Waals surface area contributed by atoms with E-state index in [0.29, 0.717) is 12.3 Å². The number of carbonyl (C=O) groups is 1. The Balaban J connectivity index is 3.29. The fourth-order valence-corrected chi connectivity index (χ4v) is 1.21. The summed E-state index contributed by atoms with van der Waals surface area (Å²) in [6.07, 6.45) is -4.04. The van der Waals surface area contributed by atoms with E-state index in [1.165, 1.54) is 13.8 Å². The Morgan fingerprint density at radius 1 is 1.41 bits per heavy atom. The third-order valence-corrected chi connectivity index (χ3v) is 2.40. The summed E-state index contributed by atoms with van der Waals surface area (Å²) in [6, 6.07) is 0.521. The number of hydrogen-bond acceptors (Lipinski definition) is 3. The van der Waals surface area contributed by atoms with Crippen LogP contribution in [0.3, 0.4) is 0 Å². The van der Waals surface area contributed by atoms with E-state index in [-0.39, 0.29) is 5.69 Å². The molecule has 7 heteroatoms. The third kappa shape index (κ3) is 2.48. The first kappa shape index (κ1) is 13.3. The van der Waals surface area contributed by atoms with Gasteiger partial charge in [0, 0.05) is 6.20 Å². The second-order valence-electron chi connectivity index (χ2n) is 4.08. The van der Waals surface area contributed by atoms with Crippen molar-refractivity contribution in [3.05, 3.63) is 23.5 Å². The number of primary amides is 1. The Kier molecular flexibility index (Phi) is 3.05. The van der Waals surface area contributed by atoms with Gasteiger partial charge in [0.25, 0.3) is 0 Å². The number of hydrogen-bond donors (Lipinski definition) is 2. The van der Waals surface area contributed by atoms with Gasteiger partial charge in [-0.3, -0.25) is 9.78 Å². The summed E-state index contributed by atoms with van der Waals surface area (Å²) in [7, 11) is 0. The van der Waals surface area contributed by atoms with Gasteiger partial charge in [0.2, 0.25) is 5.91 Å². The minimum Gasteiger partial charge on any atom is -0.506 e. The molecule has 1 rings (SSSR count). The zero-order chi connectivity index (χ0) is 13.4. The van der Waals surface area contributed by atoms with Gasteiger partial charge in [-0.1, -0.05) is 0 Å². The van der Waals surface area contributed by atoms with Gasteiger partial charge in [-0.15, -0.1) is 0 Å². The lowest BCUT2D eigenvalue weighted by Gasteiger charge is -2.21. The van der Waals surface area contributed by atoms with Gasteiger partial charge in [-0.25, -0.2) is 0 Å². The lowest BCUT2D eigenvalue weighted by atomic mass is 9.87. The van der Waals surface area contributed by atoms with Crippen molar-refractivity contribution in [2.24, 2.45) is 5.73 Å². The summed E-state index contributed by atoms with van der Waals surface area (Å²) < 4.78 is 36.9. The molecular formula is C10H11F3N2O2. The number of rotatable bonds is 2. The Labute approximate surface area is 95.3 Å². The predicted octanol–water partition coefficient (Wildman–Crippen LogP) is 1.57. The van der Waals surface area contributed by atoms with Gasteiger partial charge >= 0.3 is 6.18 Å². The Hall–Kier alpha value is -1.79. The summed E-state index contributed by atoms with van der Waals surface area (Å²) >= 11 is 0. The van der Waals surface area contributed by atoms with Crippen LogP contribution in [0.25, 0.3) is 0 Å². The lowest BCUT2D eigenvalue weighted by molar-refractivity contribution is -0.138. The molecule has 0 fully saturated rings. The molecule has 1 amide bonds. The molecule has 17 heavy (non-hydrogen) atoms. The number of aromatic hydroxyl groups is 1. The standard InChI is InChI=1S/C10H11F3N2O2/c1-9(2,8(14)17)7-6(16)3-5(4-15-7)10(11,12)13/h3-4,16H,1-2H3,(H2,14,17). The average Bonchev–Trinajstić information content (AvgIpc) is 2.15. The van der Waals surface area contributed by atoms with Gasteiger partial charge in [0.1, 0.15) is 5.75 Å². The van der Waals surface area contributed by atoms with Crippen LogP contribution in [0.5, 0.6) is 5.75 Å². The highest BCUT2D eigenvalue weighted by Crippen LogP contribution is 2.35. The van der Waals surface area contributed by atoms with E-state index >= 15 is 0 Å². The zero-order valence-corrected chi connectivity index (χ0v) is 9.17. The second kappa shape index (κ2) is 3.90. The second-order valence-corrected chi connectivity index (χ2v) is 4.08. The summed E-state index contributed by atoms with van der Waals surface area (Å²) in [6.45, 7) is 2.73. The number of halogens is 3. The van der Waals surface area contributed by atoms with Crippen molar-refractivity contribution in [3.63, 3.8) is 0 Å². The van der Waals surface area contributed by atoms with Gasteiger partial charge in [-0.2, -0.15) is 13.2 Å². The Morgan fingerprint density at radius 3 is 2.29 bits per heavy atom. The highest BCUT2D eigenvalue weighted by Gasteiger charge is 2.36. The molecule has 0 aliphatic heterocycles. The van der Waals surface area contributed by atoms with Crippen LogP contribution in [0.4, 0.5) is 13.2 Å². The number of amides is 1. The molecule has 94 valence electrons. The van der Waals surface area contributed by atoms with Crippen molar-refractivity contribution in [3.8, 4) is 5.75 Å². The number of alkyl halides is 3. The molecule has 1 heterocycles. The van der Waals surface area contributed by atoms with E-state index < -0.39 is 28.8 Å². The van der Waals surface area contributed by atoms with Gasteiger partial charge in [0.05, 0.1) is 16.7 Å². The van der Waals surface area contributed by atoms with Crippen molar-refractivity contribution in [1.29, 1.82) is 0 Å². The summed E-state index contributed by atoms with van der Waals surface area (Å²) in [5.74, 6) is -1.50. The molecule has 0 spiro atoms. The fraction of sp³-hybridized carbons (Fsp3) is 0.400. The van der Waals surface area contributed by atoms with Crippen LogP contribution in [0, 0.1) is 0 Å². The van der Waals surface area contributed by atoms with Crippen molar-refractivity contribution >= 4 is 5.91 Å². The van der Waals surface area contributed by atoms with Gasteiger partial charge in [0.15, 0.2) is 0 Å². The molecule has 3 N–H and O–H groups in total. The number of aromatic nitrogens is 1. The van der Waals surface area contributed by atoms with Crippen molar-refractivity contribution in [1.82, 2.24) is 4.98 Å². The predicted molar refractivity (Wildman–Crippen MR) is 53.1 cm³/mol. The van der Waals surface area contributed by atoms with Crippen LogP contribution >= 0.6 is 0 Å². The number of nitrogens with two attached hydrogens (primary N) is 1. The van der Waals surface area contributed by atoms with E-state index in [9.17, 15) is 23.1 Å². The number of pyridine rings is 1. The van der Waals surface area contributed by atoms with E-state index in [1.807, 2.05) is 0 Å². The number of nitrogens with zero attached hydrogens (tertiary/aromatic N) is 1. The molecule has 0 aromatic carbocycles. The van der Waals surface area contributed by atoms with Crippen molar-refractivity contribution in [2.75, 3.05) is 0 Å². The van der Waals surface area contributed by atoms with E-state index in [0.717, 1.165) is 0 Å². The summed E-state index contributed by atoms with van der Waals surface area (Å²) in [4.78, 5) is 14.6. The molecule has 1 aromatic rings. The molecule has 0 saturated carbocycles. The van der Waals surface area contributed by atoms with Gasteiger partial charge in [-0.05, 0) is 19.9 Å². The van der Waals surface area contributed by atoms with Crippen LogP contribution in [0.15, 0.2) is 12.3 Å². The number of carbonyl (C=O) groups excluding carboxylic acids is 1. The van der Waals surface area contributed by atoms with Gasteiger partial charge < -0.3 is 10.8 Å². The first-order valence-electron chi connectivity index (χ1n) is 4.63. The van der Waals surface area contributed by atoms with Crippen LogP contribution in [-0.4, -0.2) is 16.0 Å². The SMILES string of the molecule is CC(C)(C(N)=O)c1ncc(C(F)(F)F)cc1O. The summed E-state index contributed by atoms with van der Waals surface area (Å²) in [5, 5.41) is 9.47. The third-order valence-electron chi connectivity index (χ3n) is 2.40. The quantitative estimate of drug-likeness (QED) is 0.834. The molecule has 0 radical (unpaired) electrons. The topological polar surface area (TPSA) is 76.2 Å². The zero-order valence-electron chi connectivity index (χ0n) is 9.17. The minimum absolute atomic E-state index is 0.182. The van der Waals surface area contributed by atoms with Crippen molar-refractivity contribution in [2.45, 2.75) is 25.4 Å². The molecule has 0 unspecified atom stereocenters. The smallest absolute Gasteiger partial charge is 0.418 e.